The number of hydrogen-bond donors (Lipinski definition) is 0. The zero-order chi connectivity index (χ0) is 21.8. The van der Waals surface area contributed by atoms with E-state index in [0.29, 0.717) is 33.7 Å². The van der Waals surface area contributed by atoms with E-state index >= 15 is 0 Å². The van der Waals surface area contributed by atoms with Crippen molar-refractivity contribution in [3.8, 4) is 11.5 Å². The van der Waals surface area contributed by atoms with E-state index in [1.807, 2.05) is 61.5 Å². The number of aryl methyl sites for hydroxylation is 1. The average Bonchev–Trinajstić information content (AvgIpc) is 3.24. The molecule has 0 aliphatic carbocycles. The smallest absolute Gasteiger partial charge is 0.267 e. The van der Waals surface area contributed by atoms with Crippen molar-refractivity contribution in [2.75, 3.05) is 18.6 Å². The summed E-state index contributed by atoms with van der Waals surface area (Å²) in [6, 6.07) is 21.0. The number of methoxy groups -OCH3 is 1. The summed E-state index contributed by atoms with van der Waals surface area (Å²) in [4.78, 5) is 19.6. The van der Waals surface area contributed by atoms with Crippen molar-refractivity contribution in [1.29, 1.82) is 0 Å². The van der Waals surface area contributed by atoms with Crippen LogP contribution in [0.5, 0.6) is 11.5 Å². The molecule has 4 rings (SSSR count). The number of anilines is 1. The Hall–Kier alpha value is -3.09. The summed E-state index contributed by atoms with van der Waals surface area (Å²) in [7, 11) is 1.59. The number of para-hydroxylation sites is 1. The average molecular weight is 453 g/mol. The third kappa shape index (κ3) is 4.65. The molecule has 1 aromatic heterocycles. The molecule has 3 aromatic carbocycles. The number of rotatable bonds is 7. The van der Waals surface area contributed by atoms with Crippen molar-refractivity contribution in [2.24, 2.45) is 0 Å². The maximum Gasteiger partial charge on any atom is 0.267 e. The predicted octanol–water partition coefficient (Wildman–Crippen LogP) is 5.88. The Bertz CT molecular complexity index is 1210. The van der Waals surface area contributed by atoms with Gasteiger partial charge in [-0.2, -0.15) is 0 Å². The van der Waals surface area contributed by atoms with Gasteiger partial charge in [0.05, 0.1) is 23.4 Å². The van der Waals surface area contributed by atoms with Gasteiger partial charge >= 0.3 is 0 Å². The summed E-state index contributed by atoms with van der Waals surface area (Å²) in [6.07, 6.45) is 0. The summed E-state index contributed by atoms with van der Waals surface area (Å²) in [5.41, 5.74) is 2.60. The highest BCUT2D eigenvalue weighted by molar-refractivity contribution is 7.23. The van der Waals surface area contributed by atoms with Crippen LogP contribution in [0.15, 0.2) is 66.7 Å². The number of nitrogens with zero attached hydrogens (tertiary/aromatic N) is 2. The number of benzene rings is 3. The maximum atomic E-state index is 13.3. The van der Waals surface area contributed by atoms with Gasteiger partial charge in [-0.1, -0.05) is 71.5 Å². The van der Waals surface area contributed by atoms with E-state index in [1.54, 1.807) is 24.1 Å². The van der Waals surface area contributed by atoms with Crippen LogP contribution in [0.4, 0.5) is 5.13 Å². The van der Waals surface area contributed by atoms with E-state index in [4.69, 9.17) is 26.1 Å². The fourth-order valence-corrected chi connectivity index (χ4v) is 4.46. The van der Waals surface area contributed by atoms with Crippen LogP contribution in [-0.2, 0) is 11.3 Å². The fourth-order valence-electron chi connectivity index (χ4n) is 3.19. The van der Waals surface area contributed by atoms with Gasteiger partial charge in [0, 0.05) is 0 Å². The van der Waals surface area contributed by atoms with Crippen LogP contribution in [0.1, 0.15) is 11.1 Å². The van der Waals surface area contributed by atoms with E-state index in [2.05, 4.69) is 0 Å². The van der Waals surface area contributed by atoms with E-state index in [1.165, 1.54) is 11.3 Å². The van der Waals surface area contributed by atoms with Crippen molar-refractivity contribution in [3.63, 3.8) is 0 Å². The summed E-state index contributed by atoms with van der Waals surface area (Å²) in [5, 5.41) is 1.12. The quantitative estimate of drug-likeness (QED) is 0.351. The van der Waals surface area contributed by atoms with Gasteiger partial charge in [-0.25, -0.2) is 4.98 Å². The van der Waals surface area contributed by atoms with Gasteiger partial charge in [-0.05, 0) is 36.2 Å². The summed E-state index contributed by atoms with van der Waals surface area (Å²) in [5.74, 6) is 1.11. The molecule has 0 saturated heterocycles. The van der Waals surface area contributed by atoms with Gasteiger partial charge in [-0.3, -0.25) is 9.69 Å². The molecular weight excluding hydrogens is 432 g/mol. The number of aromatic nitrogens is 1. The van der Waals surface area contributed by atoms with E-state index in [-0.39, 0.29) is 12.5 Å². The van der Waals surface area contributed by atoms with Crippen molar-refractivity contribution in [3.05, 3.63) is 82.9 Å². The first-order valence-corrected chi connectivity index (χ1v) is 10.9. The molecule has 0 atom stereocenters. The standard InChI is InChI=1S/C24H21ClN2O3S/c1-16-8-6-7-11-19(16)30-15-21(28)27(14-17-9-4-3-5-10-17)24-26-22-20(29-2)13-12-18(25)23(22)31-24/h3-13H,14-15H2,1-2H3. The molecule has 158 valence electrons. The fraction of sp³-hybridized carbons (Fsp3) is 0.167. The van der Waals surface area contributed by atoms with Crippen molar-refractivity contribution in [2.45, 2.75) is 13.5 Å². The lowest BCUT2D eigenvalue weighted by Gasteiger charge is -2.20. The first-order valence-electron chi connectivity index (χ1n) is 9.72. The molecule has 0 unspecified atom stereocenters. The highest BCUT2D eigenvalue weighted by atomic mass is 35.5. The Kier molecular flexibility index (Phi) is 6.39. The number of thiazole rings is 1. The SMILES string of the molecule is COc1ccc(Cl)c2sc(N(Cc3ccccc3)C(=O)COc3ccccc3C)nc12. The minimum Gasteiger partial charge on any atom is -0.494 e. The van der Waals surface area contributed by atoms with Crippen molar-refractivity contribution < 1.29 is 14.3 Å². The van der Waals surface area contributed by atoms with Crippen molar-refractivity contribution >= 4 is 44.2 Å². The molecule has 1 heterocycles. The number of fused-ring (bicyclic) bond motifs is 1. The number of ether oxygens (including phenoxy) is 2. The predicted molar refractivity (Wildman–Crippen MR) is 125 cm³/mol. The molecule has 0 radical (unpaired) electrons. The molecule has 31 heavy (non-hydrogen) atoms. The summed E-state index contributed by atoms with van der Waals surface area (Å²) in [6.45, 7) is 2.22. The van der Waals surface area contributed by atoms with Gasteiger partial charge in [0.2, 0.25) is 0 Å². The monoisotopic (exact) mass is 452 g/mol. The maximum absolute atomic E-state index is 13.3. The molecule has 4 aromatic rings. The van der Waals surface area contributed by atoms with Crippen LogP contribution in [-0.4, -0.2) is 24.6 Å². The van der Waals surface area contributed by atoms with Gasteiger partial charge in [0.1, 0.15) is 17.0 Å². The number of carbonyl (C=O) groups is 1. The summed E-state index contributed by atoms with van der Waals surface area (Å²) >= 11 is 7.75. The third-order valence-corrected chi connectivity index (χ3v) is 6.37. The zero-order valence-electron chi connectivity index (χ0n) is 17.2. The molecule has 0 aliphatic heterocycles. The number of hydrogen-bond acceptors (Lipinski definition) is 5. The molecule has 5 nitrogen and oxygen atoms in total. The zero-order valence-corrected chi connectivity index (χ0v) is 18.7. The Morgan fingerprint density at radius 3 is 2.52 bits per heavy atom. The van der Waals surface area contributed by atoms with Crippen LogP contribution < -0.4 is 14.4 Å². The summed E-state index contributed by atoms with van der Waals surface area (Å²) < 4.78 is 12.0. The molecule has 0 spiro atoms. The lowest BCUT2D eigenvalue weighted by atomic mass is 10.2. The highest BCUT2D eigenvalue weighted by Gasteiger charge is 2.23. The van der Waals surface area contributed by atoms with Gasteiger partial charge in [-0.15, -0.1) is 0 Å². The van der Waals surface area contributed by atoms with Crippen LogP contribution in [0.25, 0.3) is 10.2 Å². The second-order valence-corrected chi connectivity index (χ2v) is 8.33. The molecule has 7 heteroatoms. The number of halogens is 1. The van der Waals surface area contributed by atoms with Gasteiger partial charge in [0.25, 0.3) is 5.91 Å². The topological polar surface area (TPSA) is 51.7 Å². The van der Waals surface area contributed by atoms with Crippen LogP contribution in [0.2, 0.25) is 5.02 Å². The molecule has 0 aliphatic rings. The molecule has 0 fully saturated rings. The highest BCUT2D eigenvalue weighted by Crippen LogP contribution is 2.39. The van der Waals surface area contributed by atoms with Crippen LogP contribution in [0.3, 0.4) is 0 Å². The van der Waals surface area contributed by atoms with Crippen LogP contribution in [0, 0.1) is 6.92 Å². The second-order valence-electron chi connectivity index (χ2n) is 6.94. The first kappa shape index (κ1) is 21.2. The Morgan fingerprint density at radius 1 is 1.03 bits per heavy atom. The molecule has 1 amide bonds. The van der Waals surface area contributed by atoms with E-state index in [0.717, 1.165) is 15.8 Å². The van der Waals surface area contributed by atoms with Crippen LogP contribution >= 0.6 is 22.9 Å². The van der Waals surface area contributed by atoms with Gasteiger partial charge < -0.3 is 9.47 Å². The number of amides is 1. The largest absolute Gasteiger partial charge is 0.494 e. The number of carbonyl (C=O) groups excluding carboxylic acids is 1. The lowest BCUT2D eigenvalue weighted by molar-refractivity contribution is -0.120. The molecular formula is C24H21ClN2O3S. The molecule has 0 bridgehead atoms. The Morgan fingerprint density at radius 2 is 1.77 bits per heavy atom. The lowest BCUT2D eigenvalue weighted by Crippen LogP contribution is -2.34. The minimum absolute atomic E-state index is 0.0987. The Balaban J connectivity index is 1.67. The third-order valence-electron chi connectivity index (χ3n) is 4.83. The second kappa shape index (κ2) is 9.37. The van der Waals surface area contributed by atoms with E-state index in [9.17, 15) is 4.79 Å². The van der Waals surface area contributed by atoms with Crippen molar-refractivity contribution in [1.82, 2.24) is 4.98 Å². The minimum atomic E-state index is -0.193. The normalized spacial score (nSPS) is 10.8. The van der Waals surface area contributed by atoms with E-state index < -0.39 is 0 Å². The van der Waals surface area contributed by atoms with Gasteiger partial charge in [0.15, 0.2) is 11.7 Å². The Labute approximate surface area is 189 Å². The molecule has 0 saturated carbocycles. The first-order chi connectivity index (χ1) is 15.1. The molecule has 0 N–H and O–H groups in total.